The van der Waals surface area contributed by atoms with Crippen LogP contribution >= 0.6 is 0 Å². The van der Waals surface area contributed by atoms with Gasteiger partial charge in [-0.3, -0.25) is 0 Å². The molecule has 0 fully saturated rings. The van der Waals surface area contributed by atoms with Crippen LogP contribution in [0.4, 0.5) is 0 Å². The quantitative estimate of drug-likeness (QED) is 0.879. The van der Waals surface area contributed by atoms with E-state index < -0.39 is 0 Å². The third-order valence-corrected chi connectivity index (χ3v) is 2.91. The van der Waals surface area contributed by atoms with Crippen LogP contribution in [-0.4, -0.2) is 16.7 Å². The Bertz CT molecular complexity index is 507. The first kappa shape index (κ1) is 12.8. The molecule has 4 nitrogen and oxygen atoms in total. The van der Waals surface area contributed by atoms with Gasteiger partial charge in [0.25, 0.3) is 0 Å². The van der Waals surface area contributed by atoms with Gasteiger partial charge in [-0.05, 0) is 19.4 Å². The van der Waals surface area contributed by atoms with E-state index in [0.29, 0.717) is 11.9 Å². The van der Waals surface area contributed by atoms with Crippen LogP contribution in [0.15, 0.2) is 28.8 Å². The number of rotatable bonds is 5. The number of aromatic nitrogens is 2. The van der Waals surface area contributed by atoms with Gasteiger partial charge in [0, 0.05) is 25.9 Å². The molecule has 18 heavy (non-hydrogen) atoms. The van der Waals surface area contributed by atoms with Crippen molar-refractivity contribution in [2.75, 3.05) is 6.54 Å². The zero-order valence-corrected chi connectivity index (χ0v) is 11.1. The zero-order valence-electron chi connectivity index (χ0n) is 11.1. The molecule has 1 unspecified atom stereocenters. The van der Waals surface area contributed by atoms with E-state index in [-0.39, 0.29) is 0 Å². The Morgan fingerprint density at radius 2 is 2.17 bits per heavy atom. The van der Waals surface area contributed by atoms with Gasteiger partial charge in [-0.25, -0.2) is 0 Å². The van der Waals surface area contributed by atoms with Gasteiger partial charge < -0.3 is 9.84 Å². The minimum absolute atomic E-state index is 0.331. The maximum Gasteiger partial charge on any atom is 0.223 e. The molecule has 1 aromatic carbocycles. The lowest BCUT2D eigenvalue weighted by Crippen LogP contribution is -2.21. The Morgan fingerprint density at radius 3 is 2.83 bits per heavy atom. The highest BCUT2D eigenvalue weighted by Crippen LogP contribution is 2.13. The molecule has 2 rings (SSSR count). The van der Waals surface area contributed by atoms with Crippen molar-refractivity contribution in [2.45, 2.75) is 33.2 Å². The minimum atomic E-state index is 0.331. The predicted octanol–water partition coefficient (Wildman–Crippen LogP) is 2.58. The van der Waals surface area contributed by atoms with Crippen molar-refractivity contribution in [3.63, 3.8) is 0 Å². The van der Waals surface area contributed by atoms with E-state index in [1.807, 2.05) is 0 Å². The van der Waals surface area contributed by atoms with E-state index in [1.54, 1.807) is 6.92 Å². The highest BCUT2D eigenvalue weighted by Gasteiger charge is 2.06. The molecule has 0 saturated heterocycles. The second kappa shape index (κ2) is 5.78. The van der Waals surface area contributed by atoms with Crippen molar-refractivity contribution in [3.05, 3.63) is 47.1 Å². The fourth-order valence-corrected chi connectivity index (χ4v) is 1.90. The SMILES string of the molecule is Cc1cccc(C(C)NCCc2noc(C)n2)c1. The summed E-state index contributed by atoms with van der Waals surface area (Å²) in [6.07, 6.45) is 0.785. The Balaban J connectivity index is 1.83. The topological polar surface area (TPSA) is 51.0 Å². The van der Waals surface area contributed by atoms with Crippen LogP contribution in [0.25, 0.3) is 0 Å². The summed E-state index contributed by atoms with van der Waals surface area (Å²) in [6, 6.07) is 8.88. The van der Waals surface area contributed by atoms with Gasteiger partial charge >= 0.3 is 0 Å². The molecule has 0 bridgehead atoms. The molecular weight excluding hydrogens is 226 g/mol. The van der Waals surface area contributed by atoms with Gasteiger partial charge in [0.05, 0.1) is 0 Å². The molecule has 0 aliphatic rings. The summed E-state index contributed by atoms with van der Waals surface area (Å²) in [5.41, 5.74) is 2.59. The largest absolute Gasteiger partial charge is 0.340 e. The normalized spacial score (nSPS) is 12.6. The summed E-state index contributed by atoms with van der Waals surface area (Å²) in [7, 11) is 0. The molecule has 0 aliphatic heterocycles. The third-order valence-electron chi connectivity index (χ3n) is 2.91. The lowest BCUT2D eigenvalue weighted by Gasteiger charge is -2.14. The lowest BCUT2D eigenvalue weighted by molar-refractivity contribution is 0.386. The Labute approximate surface area is 107 Å². The van der Waals surface area contributed by atoms with Crippen molar-refractivity contribution in [3.8, 4) is 0 Å². The van der Waals surface area contributed by atoms with Gasteiger partial charge in [-0.15, -0.1) is 0 Å². The summed E-state index contributed by atoms with van der Waals surface area (Å²) in [5.74, 6) is 1.38. The van der Waals surface area contributed by atoms with Gasteiger partial charge in [-0.2, -0.15) is 4.98 Å². The maximum absolute atomic E-state index is 4.93. The average molecular weight is 245 g/mol. The van der Waals surface area contributed by atoms with Crippen molar-refractivity contribution in [1.82, 2.24) is 15.5 Å². The summed E-state index contributed by atoms with van der Waals surface area (Å²) in [4.78, 5) is 4.18. The van der Waals surface area contributed by atoms with E-state index in [0.717, 1.165) is 18.8 Å². The third kappa shape index (κ3) is 3.40. The van der Waals surface area contributed by atoms with E-state index >= 15 is 0 Å². The fourth-order valence-electron chi connectivity index (χ4n) is 1.90. The maximum atomic E-state index is 4.93. The fraction of sp³-hybridized carbons (Fsp3) is 0.429. The molecule has 0 aliphatic carbocycles. The predicted molar refractivity (Wildman–Crippen MR) is 70.3 cm³/mol. The second-order valence-electron chi connectivity index (χ2n) is 4.57. The van der Waals surface area contributed by atoms with Crippen LogP contribution in [-0.2, 0) is 6.42 Å². The average Bonchev–Trinajstić information content (AvgIpc) is 2.75. The number of benzene rings is 1. The van der Waals surface area contributed by atoms with Crippen molar-refractivity contribution in [2.24, 2.45) is 0 Å². The standard InChI is InChI=1S/C14H19N3O/c1-10-5-4-6-13(9-10)11(2)15-8-7-14-16-12(3)18-17-14/h4-6,9,11,15H,7-8H2,1-3H3. The number of hydrogen-bond donors (Lipinski definition) is 1. The minimum Gasteiger partial charge on any atom is -0.340 e. The van der Waals surface area contributed by atoms with Crippen LogP contribution in [0.1, 0.15) is 35.8 Å². The molecule has 0 saturated carbocycles. The molecule has 1 aromatic heterocycles. The Hall–Kier alpha value is -1.68. The highest BCUT2D eigenvalue weighted by molar-refractivity contribution is 5.24. The van der Waals surface area contributed by atoms with Crippen LogP contribution in [0.3, 0.4) is 0 Å². The molecule has 0 spiro atoms. The molecule has 2 aromatic rings. The van der Waals surface area contributed by atoms with E-state index in [2.05, 4.69) is 53.6 Å². The number of aryl methyl sites for hydroxylation is 2. The Kier molecular flexibility index (Phi) is 4.10. The zero-order chi connectivity index (χ0) is 13.0. The summed E-state index contributed by atoms with van der Waals surface area (Å²) in [5, 5.41) is 7.34. The smallest absolute Gasteiger partial charge is 0.223 e. The van der Waals surface area contributed by atoms with E-state index in [4.69, 9.17) is 4.52 Å². The summed E-state index contributed by atoms with van der Waals surface area (Å²) >= 11 is 0. The molecule has 1 N–H and O–H groups in total. The van der Waals surface area contributed by atoms with Gasteiger partial charge in [0.15, 0.2) is 5.82 Å². The van der Waals surface area contributed by atoms with Crippen molar-refractivity contribution >= 4 is 0 Å². The van der Waals surface area contributed by atoms with Gasteiger partial charge in [0.1, 0.15) is 0 Å². The molecule has 1 atom stereocenters. The molecular formula is C14H19N3O. The van der Waals surface area contributed by atoms with Crippen molar-refractivity contribution in [1.29, 1.82) is 0 Å². The first-order valence-electron chi connectivity index (χ1n) is 6.24. The molecule has 1 heterocycles. The number of nitrogens with one attached hydrogen (secondary N) is 1. The summed E-state index contributed by atoms with van der Waals surface area (Å²) < 4.78 is 4.93. The van der Waals surface area contributed by atoms with Crippen LogP contribution in [0.5, 0.6) is 0 Å². The second-order valence-corrected chi connectivity index (χ2v) is 4.57. The van der Waals surface area contributed by atoms with E-state index in [1.165, 1.54) is 11.1 Å². The monoisotopic (exact) mass is 245 g/mol. The molecule has 4 heteroatoms. The first-order valence-corrected chi connectivity index (χ1v) is 6.24. The van der Waals surface area contributed by atoms with Gasteiger partial charge in [-0.1, -0.05) is 35.0 Å². The molecule has 96 valence electrons. The number of nitrogens with zero attached hydrogens (tertiary/aromatic N) is 2. The van der Waals surface area contributed by atoms with Gasteiger partial charge in [0.2, 0.25) is 5.89 Å². The highest BCUT2D eigenvalue weighted by atomic mass is 16.5. The summed E-state index contributed by atoms with van der Waals surface area (Å²) in [6.45, 7) is 6.92. The number of hydrogen-bond acceptors (Lipinski definition) is 4. The van der Waals surface area contributed by atoms with Crippen LogP contribution in [0, 0.1) is 13.8 Å². The van der Waals surface area contributed by atoms with E-state index in [9.17, 15) is 0 Å². The molecule has 0 amide bonds. The lowest BCUT2D eigenvalue weighted by atomic mass is 10.1. The van der Waals surface area contributed by atoms with Crippen molar-refractivity contribution < 1.29 is 4.52 Å². The first-order chi connectivity index (χ1) is 8.65. The van der Waals surface area contributed by atoms with Crippen LogP contribution < -0.4 is 5.32 Å². The Morgan fingerprint density at radius 1 is 1.33 bits per heavy atom. The molecule has 0 radical (unpaired) electrons. The van der Waals surface area contributed by atoms with Crippen LogP contribution in [0.2, 0.25) is 0 Å².